The first kappa shape index (κ1) is 11.8. The summed E-state index contributed by atoms with van der Waals surface area (Å²) in [6, 6.07) is 3.50. The molecule has 0 saturated heterocycles. The van der Waals surface area contributed by atoms with Crippen LogP contribution in [0.4, 0.5) is 8.78 Å². The molecule has 1 aliphatic rings. The van der Waals surface area contributed by atoms with E-state index in [-0.39, 0.29) is 5.92 Å². The summed E-state index contributed by atoms with van der Waals surface area (Å²) in [5, 5.41) is -0.409. The van der Waals surface area contributed by atoms with E-state index in [2.05, 4.69) is 6.92 Å². The number of rotatable bonds is 2. The van der Waals surface area contributed by atoms with Crippen LogP contribution in [-0.4, -0.2) is 0 Å². The Morgan fingerprint density at radius 3 is 2.69 bits per heavy atom. The number of benzene rings is 1. The van der Waals surface area contributed by atoms with Gasteiger partial charge in [0.2, 0.25) is 0 Å². The Morgan fingerprint density at radius 2 is 2.06 bits per heavy atom. The zero-order valence-electron chi connectivity index (χ0n) is 9.22. The first-order chi connectivity index (χ1) is 7.59. The molecule has 1 aromatic rings. The average Bonchev–Trinajstić information content (AvgIpc) is 2.67. The SMILES string of the molecule is CC1CCCC1C(Cl)c1cc(F)ccc1F. The molecule has 1 aromatic carbocycles. The summed E-state index contributed by atoms with van der Waals surface area (Å²) in [5.74, 6) is -0.0728. The first-order valence-corrected chi connectivity index (χ1v) is 6.12. The van der Waals surface area contributed by atoms with Crippen LogP contribution in [0.2, 0.25) is 0 Å². The van der Waals surface area contributed by atoms with Gasteiger partial charge in [0.15, 0.2) is 0 Å². The van der Waals surface area contributed by atoms with E-state index in [4.69, 9.17) is 11.6 Å². The molecule has 0 nitrogen and oxygen atoms in total. The van der Waals surface area contributed by atoms with Gasteiger partial charge in [0.1, 0.15) is 11.6 Å². The quantitative estimate of drug-likeness (QED) is 0.663. The van der Waals surface area contributed by atoms with Crippen LogP contribution in [0, 0.1) is 23.5 Å². The highest BCUT2D eigenvalue weighted by Crippen LogP contribution is 2.44. The van der Waals surface area contributed by atoms with Crippen molar-refractivity contribution >= 4 is 11.6 Å². The van der Waals surface area contributed by atoms with E-state index in [9.17, 15) is 8.78 Å². The molecule has 0 heterocycles. The van der Waals surface area contributed by atoms with Gasteiger partial charge in [0.05, 0.1) is 5.38 Å². The first-order valence-electron chi connectivity index (χ1n) is 5.68. The van der Waals surface area contributed by atoms with E-state index in [0.29, 0.717) is 11.5 Å². The highest BCUT2D eigenvalue weighted by Gasteiger charge is 2.32. The maximum atomic E-state index is 13.5. The van der Waals surface area contributed by atoms with E-state index < -0.39 is 17.0 Å². The Morgan fingerprint density at radius 1 is 1.31 bits per heavy atom. The molecule has 16 heavy (non-hydrogen) atoms. The lowest BCUT2D eigenvalue weighted by Gasteiger charge is -2.22. The summed E-state index contributed by atoms with van der Waals surface area (Å²) < 4.78 is 26.6. The number of halogens is 3. The number of hydrogen-bond donors (Lipinski definition) is 0. The molecule has 0 aromatic heterocycles. The fraction of sp³-hybridized carbons (Fsp3) is 0.538. The van der Waals surface area contributed by atoms with E-state index in [0.717, 1.165) is 31.4 Å². The molecule has 88 valence electrons. The molecule has 0 N–H and O–H groups in total. The molecule has 1 fully saturated rings. The zero-order valence-corrected chi connectivity index (χ0v) is 9.98. The Bertz CT molecular complexity index is 378. The molecule has 0 amide bonds. The third-order valence-corrected chi connectivity index (χ3v) is 4.12. The van der Waals surface area contributed by atoms with Gasteiger partial charge in [-0.3, -0.25) is 0 Å². The predicted molar refractivity (Wildman–Crippen MR) is 61.5 cm³/mol. The highest BCUT2D eigenvalue weighted by atomic mass is 35.5. The van der Waals surface area contributed by atoms with Gasteiger partial charge in [-0.15, -0.1) is 11.6 Å². The Hall–Kier alpha value is -0.630. The number of hydrogen-bond acceptors (Lipinski definition) is 0. The van der Waals surface area contributed by atoms with Crippen LogP contribution in [0.15, 0.2) is 18.2 Å². The molecule has 1 saturated carbocycles. The molecule has 3 atom stereocenters. The minimum absolute atomic E-state index is 0.262. The van der Waals surface area contributed by atoms with Crippen LogP contribution in [0.3, 0.4) is 0 Å². The van der Waals surface area contributed by atoms with Crippen LogP contribution in [0.5, 0.6) is 0 Å². The molecule has 0 radical (unpaired) electrons. The molecular weight excluding hydrogens is 230 g/mol. The second-order valence-electron chi connectivity index (χ2n) is 4.64. The van der Waals surface area contributed by atoms with E-state index >= 15 is 0 Å². The summed E-state index contributed by atoms with van der Waals surface area (Å²) in [6.45, 7) is 2.13. The second kappa shape index (κ2) is 4.70. The topological polar surface area (TPSA) is 0 Å². The lowest BCUT2D eigenvalue weighted by atomic mass is 9.90. The van der Waals surface area contributed by atoms with Gasteiger partial charge in [-0.1, -0.05) is 19.8 Å². The van der Waals surface area contributed by atoms with Crippen molar-refractivity contribution < 1.29 is 8.78 Å². The average molecular weight is 245 g/mol. The maximum Gasteiger partial charge on any atom is 0.128 e. The van der Waals surface area contributed by atoms with Crippen LogP contribution in [-0.2, 0) is 0 Å². The van der Waals surface area contributed by atoms with Gasteiger partial charge in [-0.05, 0) is 36.5 Å². The van der Waals surface area contributed by atoms with Crippen molar-refractivity contribution in [1.82, 2.24) is 0 Å². The van der Waals surface area contributed by atoms with Crippen LogP contribution >= 0.6 is 11.6 Å². The third-order valence-electron chi connectivity index (χ3n) is 3.56. The molecule has 1 aliphatic carbocycles. The monoisotopic (exact) mass is 244 g/mol. The number of alkyl halides is 1. The fourth-order valence-electron chi connectivity index (χ4n) is 2.57. The van der Waals surface area contributed by atoms with Crippen molar-refractivity contribution in [2.24, 2.45) is 11.8 Å². The molecular formula is C13H15ClF2. The van der Waals surface area contributed by atoms with E-state index in [1.807, 2.05) is 0 Å². The summed E-state index contributed by atoms with van der Waals surface area (Å²) >= 11 is 6.28. The molecule has 3 heteroatoms. The summed E-state index contributed by atoms with van der Waals surface area (Å²) in [6.07, 6.45) is 3.27. The van der Waals surface area contributed by atoms with Gasteiger partial charge >= 0.3 is 0 Å². The van der Waals surface area contributed by atoms with Gasteiger partial charge in [-0.25, -0.2) is 8.78 Å². The third kappa shape index (κ3) is 2.22. The molecule has 0 spiro atoms. The van der Waals surface area contributed by atoms with Crippen molar-refractivity contribution in [3.05, 3.63) is 35.4 Å². The molecule has 3 unspecified atom stereocenters. The lowest BCUT2D eigenvalue weighted by molar-refractivity contribution is 0.397. The van der Waals surface area contributed by atoms with Crippen molar-refractivity contribution in [2.75, 3.05) is 0 Å². The zero-order chi connectivity index (χ0) is 11.7. The summed E-state index contributed by atoms with van der Waals surface area (Å²) in [4.78, 5) is 0. The maximum absolute atomic E-state index is 13.5. The summed E-state index contributed by atoms with van der Waals surface area (Å²) in [7, 11) is 0. The van der Waals surface area contributed by atoms with Crippen molar-refractivity contribution in [1.29, 1.82) is 0 Å². The normalized spacial score (nSPS) is 27.0. The van der Waals surface area contributed by atoms with Gasteiger partial charge < -0.3 is 0 Å². The molecule has 2 rings (SSSR count). The Balaban J connectivity index is 2.25. The minimum Gasteiger partial charge on any atom is -0.207 e. The van der Waals surface area contributed by atoms with Gasteiger partial charge in [-0.2, -0.15) is 0 Å². The van der Waals surface area contributed by atoms with Crippen molar-refractivity contribution in [2.45, 2.75) is 31.6 Å². The highest BCUT2D eigenvalue weighted by molar-refractivity contribution is 6.21. The standard InChI is InChI=1S/C13H15ClF2/c1-8-3-2-4-10(8)13(14)11-7-9(15)5-6-12(11)16/h5-8,10,13H,2-4H2,1H3. The summed E-state index contributed by atoms with van der Waals surface area (Å²) in [5.41, 5.74) is 0.306. The minimum atomic E-state index is -0.423. The fourth-order valence-corrected chi connectivity index (χ4v) is 3.11. The van der Waals surface area contributed by atoms with Crippen LogP contribution in [0.25, 0.3) is 0 Å². The largest absolute Gasteiger partial charge is 0.207 e. The second-order valence-corrected chi connectivity index (χ2v) is 5.11. The predicted octanol–water partition coefficient (Wildman–Crippen LogP) is 4.68. The smallest absolute Gasteiger partial charge is 0.128 e. The van der Waals surface area contributed by atoms with Crippen molar-refractivity contribution in [3.63, 3.8) is 0 Å². The van der Waals surface area contributed by atoms with E-state index in [1.165, 1.54) is 6.07 Å². The van der Waals surface area contributed by atoms with Crippen LogP contribution in [0.1, 0.15) is 37.1 Å². The van der Waals surface area contributed by atoms with Gasteiger partial charge in [0.25, 0.3) is 0 Å². The molecule has 0 aliphatic heterocycles. The Labute approximate surface area is 99.6 Å². The van der Waals surface area contributed by atoms with Crippen molar-refractivity contribution in [3.8, 4) is 0 Å². The van der Waals surface area contributed by atoms with Crippen LogP contribution < -0.4 is 0 Å². The van der Waals surface area contributed by atoms with E-state index in [1.54, 1.807) is 0 Å². The lowest BCUT2D eigenvalue weighted by Crippen LogP contribution is -2.12. The van der Waals surface area contributed by atoms with Gasteiger partial charge in [0, 0.05) is 5.56 Å². The Kier molecular flexibility index (Phi) is 3.48. The molecule has 0 bridgehead atoms.